The molecule has 6 heteroatoms. The minimum absolute atomic E-state index is 0.186. The fraction of sp³-hybridized carbons (Fsp3) is 0.526. The lowest BCUT2D eigenvalue weighted by Gasteiger charge is -2.13. The van der Waals surface area contributed by atoms with Crippen molar-refractivity contribution < 1.29 is 19.4 Å². The van der Waals surface area contributed by atoms with Crippen LogP contribution in [0.5, 0.6) is 0 Å². The molecule has 1 aromatic rings. The van der Waals surface area contributed by atoms with Crippen LogP contribution in [0.2, 0.25) is 0 Å². The Bertz CT molecular complexity index is 619. The van der Waals surface area contributed by atoms with Gasteiger partial charge >= 0.3 is 11.9 Å². The molecule has 138 valence electrons. The molecule has 1 N–H and O–H groups in total. The Morgan fingerprint density at radius 2 is 2.16 bits per heavy atom. The van der Waals surface area contributed by atoms with Crippen molar-refractivity contribution in [2.24, 2.45) is 0 Å². The van der Waals surface area contributed by atoms with Gasteiger partial charge in [0.05, 0.1) is 10.7 Å². The Kier molecular flexibility index (Phi) is 9.77. The average molecular weight is 365 g/mol. The molecule has 0 fully saturated rings. The molecule has 0 unspecified atom stereocenters. The molecule has 25 heavy (non-hydrogen) atoms. The molecule has 0 aliphatic carbocycles. The number of aliphatic carboxylic acids is 1. The van der Waals surface area contributed by atoms with Crippen LogP contribution in [0.1, 0.15) is 57.2 Å². The molecular formula is C19H27NO4S. The van der Waals surface area contributed by atoms with Crippen LogP contribution in [-0.2, 0) is 27.2 Å². The maximum absolute atomic E-state index is 11.9. The topological polar surface area (TPSA) is 76.5 Å². The highest BCUT2D eigenvalue weighted by Crippen LogP contribution is 2.14. The van der Waals surface area contributed by atoms with Gasteiger partial charge in [0, 0.05) is 24.3 Å². The average Bonchev–Trinajstić information content (AvgIpc) is 2.99. The first-order valence-corrected chi connectivity index (χ1v) is 9.48. The largest absolute Gasteiger partial charge is 0.478 e. The minimum atomic E-state index is -0.980. The van der Waals surface area contributed by atoms with E-state index in [1.807, 2.05) is 13.8 Å². The van der Waals surface area contributed by atoms with Gasteiger partial charge in [0.1, 0.15) is 6.10 Å². The van der Waals surface area contributed by atoms with Gasteiger partial charge in [0.15, 0.2) is 0 Å². The van der Waals surface area contributed by atoms with Crippen LogP contribution in [0.15, 0.2) is 29.2 Å². The summed E-state index contributed by atoms with van der Waals surface area (Å²) in [6.07, 6.45) is 8.65. The number of rotatable bonds is 11. The summed E-state index contributed by atoms with van der Waals surface area (Å²) < 4.78 is 5.39. The van der Waals surface area contributed by atoms with E-state index in [2.05, 4.69) is 17.3 Å². The fourth-order valence-electron chi connectivity index (χ4n) is 2.34. The van der Waals surface area contributed by atoms with Crippen molar-refractivity contribution in [3.05, 3.63) is 39.9 Å². The number of unbranched alkanes of at least 4 members (excludes halogenated alkanes) is 1. The molecule has 0 aliphatic rings. The lowest BCUT2D eigenvalue weighted by Crippen LogP contribution is -2.15. The van der Waals surface area contributed by atoms with E-state index in [1.165, 1.54) is 6.08 Å². The number of ether oxygens (including phenoxy) is 1. The molecule has 0 saturated carbocycles. The van der Waals surface area contributed by atoms with E-state index in [1.54, 1.807) is 17.4 Å². The highest BCUT2D eigenvalue weighted by molar-refractivity contribution is 7.09. The predicted molar refractivity (Wildman–Crippen MR) is 99.8 cm³/mol. The molecule has 1 atom stereocenters. The third-order valence-corrected chi connectivity index (χ3v) is 4.57. The minimum Gasteiger partial charge on any atom is -0.478 e. The van der Waals surface area contributed by atoms with Crippen LogP contribution in [0.25, 0.3) is 0 Å². The van der Waals surface area contributed by atoms with Crippen molar-refractivity contribution in [2.45, 2.75) is 65.4 Å². The number of carbonyl (C=O) groups excluding carboxylic acids is 1. The third kappa shape index (κ3) is 9.82. The van der Waals surface area contributed by atoms with Gasteiger partial charge in [0.2, 0.25) is 0 Å². The lowest BCUT2D eigenvalue weighted by atomic mass is 10.1. The number of carboxylic acids is 1. The molecule has 0 aliphatic heterocycles. The number of aromatic nitrogens is 1. The number of hydrogen-bond donors (Lipinski definition) is 1. The molecule has 0 amide bonds. The summed E-state index contributed by atoms with van der Waals surface area (Å²) in [5.74, 6) is -1.17. The summed E-state index contributed by atoms with van der Waals surface area (Å²) >= 11 is 1.69. The SMILES string of the molecule is CCc1nc(CCCCC(=O)O[C@@H](C)C/C(C)=C/C=C\C(=O)O)cs1. The first-order chi connectivity index (χ1) is 11.9. The second kappa shape index (κ2) is 11.6. The molecule has 1 rings (SSSR count). The fourth-order valence-corrected chi connectivity index (χ4v) is 3.12. The molecule has 1 aromatic heterocycles. The van der Waals surface area contributed by atoms with Crippen LogP contribution in [0.4, 0.5) is 0 Å². The van der Waals surface area contributed by atoms with Gasteiger partial charge in [-0.2, -0.15) is 0 Å². The van der Waals surface area contributed by atoms with Gasteiger partial charge < -0.3 is 9.84 Å². The molecule has 0 aromatic carbocycles. The maximum Gasteiger partial charge on any atom is 0.328 e. The summed E-state index contributed by atoms with van der Waals surface area (Å²) in [5, 5.41) is 11.8. The van der Waals surface area contributed by atoms with Crippen molar-refractivity contribution in [1.29, 1.82) is 0 Å². The van der Waals surface area contributed by atoms with Crippen molar-refractivity contribution in [3.63, 3.8) is 0 Å². The van der Waals surface area contributed by atoms with Gasteiger partial charge in [-0.1, -0.05) is 24.6 Å². The molecule has 0 bridgehead atoms. The van der Waals surface area contributed by atoms with Crippen LogP contribution < -0.4 is 0 Å². The van der Waals surface area contributed by atoms with E-state index in [9.17, 15) is 9.59 Å². The number of nitrogens with zero attached hydrogens (tertiary/aromatic N) is 1. The summed E-state index contributed by atoms with van der Waals surface area (Å²) in [6, 6.07) is 0. The summed E-state index contributed by atoms with van der Waals surface area (Å²) in [7, 11) is 0. The number of thiazole rings is 1. The molecule has 5 nitrogen and oxygen atoms in total. The Labute approximate surface area is 153 Å². The number of aryl methyl sites for hydroxylation is 2. The smallest absolute Gasteiger partial charge is 0.328 e. The Morgan fingerprint density at radius 3 is 2.80 bits per heavy atom. The van der Waals surface area contributed by atoms with E-state index in [-0.39, 0.29) is 12.1 Å². The van der Waals surface area contributed by atoms with Crippen LogP contribution >= 0.6 is 11.3 Å². The molecule has 0 spiro atoms. The molecular weight excluding hydrogens is 338 g/mol. The quantitative estimate of drug-likeness (QED) is 0.273. The number of carboxylic acid groups (broad SMARTS) is 1. The lowest BCUT2D eigenvalue weighted by molar-refractivity contribution is -0.148. The predicted octanol–water partition coefficient (Wildman–Crippen LogP) is 4.33. The van der Waals surface area contributed by atoms with E-state index >= 15 is 0 Å². The Morgan fingerprint density at radius 1 is 1.40 bits per heavy atom. The van der Waals surface area contributed by atoms with Crippen molar-refractivity contribution >= 4 is 23.3 Å². The van der Waals surface area contributed by atoms with Gasteiger partial charge in [-0.15, -0.1) is 11.3 Å². The zero-order chi connectivity index (χ0) is 18.7. The highest BCUT2D eigenvalue weighted by Gasteiger charge is 2.10. The second-order valence-electron chi connectivity index (χ2n) is 6.01. The number of allylic oxidation sites excluding steroid dienone is 2. The maximum atomic E-state index is 11.9. The van der Waals surface area contributed by atoms with Crippen molar-refractivity contribution in [2.75, 3.05) is 0 Å². The highest BCUT2D eigenvalue weighted by atomic mass is 32.1. The van der Waals surface area contributed by atoms with Gasteiger partial charge in [0.25, 0.3) is 0 Å². The summed E-state index contributed by atoms with van der Waals surface area (Å²) in [6.45, 7) is 5.83. The molecule has 0 radical (unpaired) electrons. The van der Waals surface area contributed by atoms with Gasteiger partial charge in [-0.3, -0.25) is 4.79 Å². The molecule has 1 heterocycles. The Hall–Kier alpha value is -1.95. The van der Waals surface area contributed by atoms with Crippen molar-refractivity contribution in [3.8, 4) is 0 Å². The van der Waals surface area contributed by atoms with E-state index < -0.39 is 5.97 Å². The van der Waals surface area contributed by atoms with Crippen molar-refractivity contribution in [1.82, 2.24) is 4.98 Å². The zero-order valence-electron chi connectivity index (χ0n) is 15.2. The third-order valence-electron chi connectivity index (χ3n) is 3.53. The van der Waals surface area contributed by atoms with E-state index in [0.29, 0.717) is 12.8 Å². The van der Waals surface area contributed by atoms with Crippen LogP contribution in [0, 0.1) is 0 Å². The number of hydrogen-bond acceptors (Lipinski definition) is 5. The monoisotopic (exact) mass is 365 g/mol. The second-order valence-corrected chi connectivity index (χ2v) is 6.95. The van der Waals surface area contributed by atoms with Gasteiger partial charge in [-0.05, 0) is 39.5 Å². The van der Waals surface area contributed by atoms with Crippen LogP contribution in [-0.4, -0.2) is 28.1 Å². The van der Waals surface area contributed by atoms with Crippen LogP contribution in [0.3, 0.4) is 0 Å². The first kappa shape index (κ1) is 21.1. The first-order valence-electron chi connectivity index (χ1n) is 8.60. The number of carbonyl (C=O) groups is 2. The van der Waals surface area contributed by atoms with E-state index in [4.69, 9.17) is 9.84 Å². The zero-order valence-corrected chi connectivity index (χ0v) is 16.0. The summed E-state index contributed by atoms with van der Waals surface area (Å²) in [4.78, 5) is 26.8. The normalized spacial score (nSPS) is 13.2. The Balaban J connectivity index is 2.21. The standard InChI is InChI=1S/C19H27NO4S/c1-4-17-20-16(13-25-17)9-5-6-11-19(23)24-15(3)12-14(2)8-7-10-18(21)22/h7-8,10,13,15H,4-6,9,11-12H2,1-3H3,(H,21,22)/b10-7-,14-8+/t15-/m0/s1. The van der Waals surface area contributed by atoms with E-state index in [0.717, 1.165) is 48.0 Å². The summed E-state index contributed by atoms with van der Waals surface area (Å²) in [5.41, 5.74) is 2.08. The number of esters is 1. The van der Waals surface area contributed by atoms with Gasteiger partial charge in [-0.25, -0.2) is 9.78 Å². The molecule has 0 saturated heterocycles.